The Morgan fingerprint density at radius 2 is 1.83 bits per heavy atom. The summed E-state index contributed by atoms with van der Waals surface area (Å²) in [6.07, 6.45) is 1.43. The number of furan rings is 1. The number of H-pyrrole nitrogens is 1. The molecule has 2 aromatic heterocycles. The molecule has 8 nitrogen and oxygen atoms in total. The Labute approximate surface area is 136 Å². The third kappa shape index (κ3) is 3.80. The molecule has 3 rings (SSSR count). The molecule has 0 aliphatic carbocycles. The summed E-state index contributed by atoms with van der Waals surface area (Å²) in [7, 11) is 0. The Bertz CT molecular complexity index is 812. The van der Waals surface area contributed by atoms with E-state index in [9.17, 15) is 9.59 Å². The summed E-state index contributed by atoms with van der Waals surface area (Å²) in [6, 6.07) is 13.9. The van der Waals surface area contributed by atoms with Gasteiger partial charge in [-0.3, -0.25) is 25.5 Å². The van der Waals surface area contributed by atoms with E-state index in [1.54, 1.807) is 6.07 Å². The monoisotopic (exact) mass is 326 g/mol. The average Bonchev–Trinajstić information content (AvgIpc) is 3.30. The van der Waals surface area contributed by atoms with E-state index in [0.717, 1.165) is 0 Å². The number of nitrogens with zero attached hydrogens (tertiary/aromatic N) is 1. The predicted octanol–water partition coefficient (Wildman–Crippen LogP) is 1.66. The average molecular weight is 326 g/mol. The van der Waals surface area contributed by atoms with E-state index in [4.69, 9.17) is 9.15 Å². The number of aromatic amines is 1. The molecule has 0 bridgehead atoms. The molecule has 1 aromatic carbocycles. The fraction of sp³-hybridized carbons (Fsp3) is 0.0625. The molecule has 8 heteroatoms. The van der Waals surface area contributed by atoms with Crippen molar-refractivity contribution in [2.75, 3.05) is 0 Å². The number of rotatable bonds is 5. The lowest BCUT2D eigenvalue weighted by Gasteiger charge is -2.05. The maximum Gasteiger partial charge on any atom is 0.305 e. The Morgan fingerprint density at radius 1 is 1.04 bits per heavy atom. The van der Waals surface area contributed by atoms with Crippen molar-refractivity contribution in [1.29, 1.82) is 0 Å². The van der Waals surface area contributed by atoms with Gasteiger partial charge in [0.1, 0.15) is 23.8 Å². The van der Waals surface area contributed by atoms with Crippen LogP contribution in [0.1, 0.15) is 26.8 Å². The number of carbonyl (C=O) groups excluding carboxylic acids is 2. The summed E-state index contributed by atoms with van der Waals surface area (Å²) in [4.78, 5) is 23.6. The Morgan fingerprint density at radius 3 is 2.58 bits per heavy atom. The van der Waals surface area contributed by atoms with Crippen LogP contribution in [0.2, 0.25) is 0 Å². The van der Waals surface area contributed by atoms with Crippen molar-refractivity contribution < 1.29 is 18.7 Å². The van der Waals surface area contributed by atoms with Crippen molar-refractivity contribution in [3.8, 4) is 5.75 Å². The van der Waals surface area contributed by atoms with Crippen LogP contribution in [0, 0.1) is 0 Å². The first kappa shape index (κ1) is 15.3. The first-order valence-corrected chi connectivity index (χ1v) is 7.09. The van der Waals surface area contributed by atoms with Crippen LogP contribution in [0.25, 0.3) is 0 Å². The molecule has 0 unspecified atom stereocenters. The molecular formula is C16H14N4O4. The standard InChI is InChI=1S/C16H14N4O4/c21-15(13-8-9-17-18-13)19-20-16(22)14-7-6-12(24-14)10-23-11-4-2-1-3-5-11/h1-9H,10H2,(H,17,18)(H,19,21)(H,20,22). The molecule has 3 aromatic rings. The van der Waals surface area contributed by atoms with Crippen molar-refractivity contribution in [3.05, 3.63) is 71.9 Å². The molecule has 0 aliphatic rings. The maximum atomic E-state index is 11.9. The number of hydrogen-bond donors (Lipinski definition) is 3. The van der Waals surface area contributed by atoms with E-state index in [1.807, 2.05) is 30.3 Å². The zero-order valence-electron chi connectivity index (χ0n) is 12.5. The van der Waals surface area contributed by atoms with Crippen molar-refractivity contribution in [3.63, 3.8) is 0 Å². The summed E-state index contributed by atoms with van der Waals surface area (Å²) >= 11 is 0. The summed E-state index contributed by atoms with van der Waals surface area (Å²) in [5, 5.41) is 6.13. The number of aromatic nitrogens is 2. The number of amides is 2. The lowest BCUT2D eigenvalue weighted by Crippen LogP contribution is -2.41. The number of hydrazine groups is 1. The molecule has 2 heterocycles. The lowest BCUT2D eigenvalue weighted by molar-refractivity contribution is 0.0826. The Kier molecular flexibility index (Phi) is 4.57. The third-order valence-electron chi connectivity index (χ3n) is 3.04. The minimum absolute atomic E-state index is 0.0616. The highest BCUT2D eigenvalue weighted by Crippen LogP contribution is 2.13. The summed E-state index contributed by atoms with van der Waals surface area (Å²) in [6.45, 7) is 0.192. The van der Waals surface area contributed by atoms with Crippen LogP contribution in [0.5, 0.6) is 5.75 Å². The van der Waals surface area contributed by atoms with Gasteiger partial charge in [0.25, 0.3) is 5.91 Å². The minimum Gasteiger partial charge on any atom is -0.486 e. The molecule has 2 amide bonds. The van der Waals surface area contributed by atoms with Crippen LogP contribution >= 0.6 is 0 Å². The van der Waals surface area contributed by atoms with Gasteiger partial charge in [0, 0.05) is 6.20 Å². The van der Waals surface area contributed by atoms with Crippen LogP contribution in [-0.4, -0.2) is 22.0 Å². The summed E-state index contributed by atoms with van der Waals surface area (Å²) in [5.41, 5.74) is 4.73. The molecule has 0 aliphatic heterocycles. The van der Waals surface area contributed by atoms with Gasteiger partial charge < -0.3 is 9.15 Å². The number of para-hydroxylation sites is 1. The second-order valence-corrected chi connectivity index (χ2v) is 4.75. The normalized spacial score (nSPS) is 10.2. The molecule has 24 heavy (non-hydrogen) atoms. The predicted molar refractivity (Wildman–Crippen MR) is 83.0 cm³/mol. The van der Waals surface area contributed by atoms with Crippen molar-refractivity contribution >= 4 is 11.8 Å². The second-order valence-electron chi connectivity index (χ2n) is 4.75. The molecular weight excluding hydrogens is 312 g/mol. The van der Waals surface area contributed by atoms with Crippen molar-refractivity contribution in [2.24, 2.45) is 0 Å². The van der Waals surface area contributed by atoms with Gasteiger partial charge in [0.15, 0.2) is 5.76 Å². The van der Waals surface area contributed by atoms with Gasteiger partial charge in [-0.05, 0) is 30.3 Å². The molecule has 122 valence electrons. The van der Waals surface area contributed by atoms with Crippen LogP contribution in [0.4, 0.5) is 0 Å². The number of carbonyl (C=O) groups is 2. The maximum absolute atomic E-state index is 11.9. The fourth-order valence-corrected chi connectivity index (χ4v) is 1.87. The molecule has 0 atom stereocenters. The quantitative estimate of drug-likeness (QED) is 0.618. The van der Waals surface area contributed by atoms with Crippen molar-refractivity contribution in [1.82, 2.24) is 21.0 Å². The SMILES string of the molecule is O=C(NNC(=O)c1ccc(COc2ccccc2)o1)c1ccn[nH]1. The molecule has 3 N–H and O–H groups in total. The van der Waals surface area contributed by atoms with Gasteiger partial charge in [-0.2, -0.15) is 5.10 Å². The van der Waals surface area contributed by atoms with E-state index in [-0.39, 0.29) is 18.1 Å². The minimum atomic E-state index is -0.575. The lowest BCUT2D eigenvalue weighted by atomic mass is 10.3. The fourth-order valence-electron chi connectivity index (χ4n) is 1.87. The smallest absolute Gasteiger partial charge is 0.305 e. The van der Waals surface area contributed by atoms with Gasteiger partial charge in [-0.15, -0.1) is 0 Å². The van der Waals surface area contributed by atoms with E-state index in [2.05, 4.69) is 21.0 Å². The molecule has 0 saturated heterocycles. The van der Waals surface area contributed by atoms with E-state index >= 15 is 0 Å². The Hall–Kier alpha value is -3.55. The number of hydrogen-bond acceptors (Lipinski definition) is 5. The van der Waals surface area contributed by atoms with E-state index in [0.29, 0.717) is 11.5 Å². The highest BCUT2D eigenvalue weighted by Gasteiger charge is 2.13. The van der Waals surface area contributed by atoms with E-state index < -0.39 is 11.8 Å². The van der Waals surface area contributed by atoms with Gasteiger partial charge >= 0.3 is 5.91 Å². The van der Waals surface area contributed by atoms with Crippen LogP contribution in [0.15, 0.2) is 59.1 Å². The number of nitrogens with one attached hydrogen (secondary N) is 3. The van der Waals surface area contributed by atoms with Crippen molar-refractivity contribution in [2.45, 2.75) is 6.61 Å². The number of ether oxygens (including phenoxy) is 1. The van der Waals surface area contributed by atoms with Gasteiger partial charge in [0.2, 0.25) is 0 Å². The van der Waals surface area contributed by atoms with Gasteiger partial charge in [0.05, 0.1) is 0 Å². The first-order chi connectivity index (χ1) is 11.7. The zero-order chi connectivity index (χ0) is 16.8. The highest BCUT2D eigenvalue weighted by molar-refractivity contribution is 5.96. The van der Waals surface area contributed by atoms with Crippen LogP contribution < -0.4 is 15.6 Å². The molecule has 0 radical (unpaired) electrons. The van der Waals surface area contributed by atoms with Crippen LogP contribution in [0.3, 0.4) is 0 Å². The summed E-state index contributed by atoms with van der Waals surface area (Å²) < 4.78 is 10.9. The summed E-state index contributed by atoms with van der Waals surface area (Å²) in [5.74, 6) is 0.163. The topological polar surface area (TPSA) is 109 Å². The van der Waals surface area contributed by atoms with Gasteiger partial charge in [-0.1, -0.05) is 18.2 Å². The van der Waals surface area contributed by atoms with E-state index in [1.165, 1.54) is 18.3 Å². The molecule has 0 spiro atoms. The zero-order valence-corrected chi connectivity index (χ0v) is 12.5. The second kappa shape index (κ2) is 7.14. The largest absolute Gasteiger partial charge is 0.486 e. The Balaban J connectivity index is 1.51. The van der Waals surface area contributed by atoms with Gasteiger partial charge in [-0.25, -0.2) is 0 Å². The third-order valence-corrected chi connectivity index (χ3v) is 3.04. The molecule has 0 fully saturated rings. The highest BCUT2D eigenvalue weighted by atomic mass is 16.5. The van der Waals surface area contributed by atoms with Crippen LogP contribution in [-0.2, 0) is 6.61 Å². The molecule has 0 saturated carbocycles. The number of benzene rings is 1. The first-order valence-electron chi connectivity index (χ1n) is 7.09.